The number of carbonyl (C=O) groups is 1. The number of hydrogen-bond acceptors (Lipinski definition) is 4. The number of fused-ring (bicyclic) bond motifs is 1. The van der Waals surface area contributed by atoms with Gasteiger partial charge in [0.15, 0.2) is 5.82 Å². The second kappa shape index (κ2) is 7.28. The van der Waals surface area contributed by atoms with Gasteiger partial charge in [-0.2, -0.15) is 0 Å². The molecule has 6 heteroatoms. The molecule has 1 amide bonds. The quantitative estimate of drug-likeness (QED) is 0.838. The molecule has 2 aliphatic rings. The lowest BCUT2D eigenvalue weighted by Crippen LogP contribution is -2.32. The first kappa shape index (κ1) is 16.8. The minimum Gasteiger partial charge on any atom is -0.332 e. The van der Waals surface area contributed by atoms with E-state index >= 15 is 0 Å². The lowest BCUT2D eigenvalue weighted by molar-refractivity contribution is -0.132. The summed E-state index contributed by atoms with van der Waals surface area (Å²) in [6, 6.07) is 4.40. The average molecular weight is 359 g/mol. The van der Waals surface area contributed by atoms with Crippen LogP contribution in [0.2, 0.25) is 0 Å². The zero-order valence-corrected chi connectivity index (χ0v) is 15.7. The first-order valence-corrected chi connectivity index (χ1v) is 10.3. The SMILES string of the molecule is Cc1ccc(CCC(=O)N2CCCC2c2nnc3n2CCCCC3)s1. The maximum absolute atomic E-state index is 12.8. The molecule has 0 saturated carbocycles. The Morgan fingerprint density at radius 2 is 2.12 bits per heavy atom. The maximum atomic E-state index is 12.8. The Balaban J connectivity index is 1.47. The van der Waals surface area contributed by atoms with Crippen LogP contribution in [0.25, 0.3) is 0 Å². The van der Waals surface area contributed by atoms with Gasteiger partial charge >= 0.3 is 0 Å². The van der Waals surface area contributed by atoms with Crippen LogP contribution in [0.3, 0.4) is 0 Å². The van der Waals surface area contributed by atoms with Gasteiger partial charge in [0.2, 0.25) is 5.91 Å². The molecule has 1 fully saturated rings. The van der Waals surface area contributed by atoms with E-state index in [1.54, 1.807) is 11.3 Å². The molecule has 134 valence electrons. The van der Waals surface area contributed by atoms with Gasteiger partial charge in [-0.15, -0.1) is 21.5 Å². The highest BCUT2D eigenvalue weighted by Gasteiger charge is 2.34. The molecule has 0 radical (unpaired) electrons. The standard InChI is InChI=1S/C19H26N4OS/c1-14-8-9-15(25-14)10-11-18(24)22-13-5-6-16(22)19-21-20-17-7-3-2-4-12-23(17)19/h8-9,16H,2-7,10-13H2,1H3. The van der Waals surface area contributed by atoms with Gasteiger partial charge in [0.05, 0.1) is 6.04 Å². The van der Waals surface area contributed by atoms with Crippen molar-refractivity contribution in [3.8, 4) is 0 Å². The van der Waals surface area contributed by atoms with E-state index in [2.05, 4.69) is 38.7 Å². The van der Waals surface area contributed by atoms with Crippen LogP contribution in [0.1, 0.15) is 66.0 Å². The highest BCUT2D eigenvalue weighted by atomic mass is 32.1. The Kier molecular flexibility index (Phi) is 4.88. The topological polar surface area (TPSA) is 51.0 Å². The first-order chi connectivity index (χ1) is 12.2. The van der Waals surface area contributed by atoms with Crippen LogP contribution < -0.4 is 0 Å². The molecule has 1 saturated heterocycles. The molecular weight excluding hydrogens is 332 g/mol. The smallest absolute Gasteiger partial charge is 0.223 e. The molecule has 4 rings (SSSR count). The van der Waals surface area contributed by atoms with Crippen LogP contribution in [0.15, 0.2) is 12.1 Å². The van der Waals surface area contributed by atoms with Crippen LogP contribution in [-0.4, -0.2) is 32.1 Å². The van der Waals surface area contributed by atoms with Crippen LogP contribution in [0.5, 0.6) is 0 Å². The monoisotopic (exact) mass is 358 g/mol. The van der Waals surface area contributed by atoms with E-state index < -0.39 is 0 Å². The number of rotatable bonds is 4. The lowest BCUT2D eigenvalue weighted by Gasteiger charge is -2.24. The molecule has 0 aliphatic carbocycles. The Morgan fingerprint density at radius 3 is 2.96 bits per heavy atom. The first-order valence-electron chi connectivity index (χ1n) is 9.49. The third kappa shape index (κ3) is 3.50. The van der Waals surface area contributed by atoms with E-state index in [4.69, 9.17) is 0 Å². The predicted molar refractivity (Wildman–Crippen MR) is 98.6 cm³/mol. The van der Waals surface area contributed by atoms with E-state index in [1.807, 2.05) is 0 Å². The van der Waals surface area contributed by atoms with Crippen molar-refractivity contribution in [1.29, 1.82) is 0 Å². The number of thiophene rings is 1. The van der Waals surface area contributed by atoms with Crippen molar-refractivity contribution >= 4 is 17.2 Å². The van der Waals surface area contributed by atoms with Crippen molar-refractivity contribution in [3.63, 3.8) is 0 Å². The Hall–Kier alpha value is -1.69. The van der Waals surface area contributed by atoms with E-state index in [0.717, 1.165) is 50.4 Å². The second-order valence-electron chi connectivity index (χ2n) is 7.19. The number of amides is 1. The summed E-state index contributed by atoms with van der Waals surface area (Å²) in [5, 5.41) is 8.92. The van der Waals surface area contributed by atoms with Crippen molar-refractivity contribution in [2.45, 2.75) is 70.9 Å². The molecule has 1 unspecified atom stereocenters. The second-order valence-corrected chi connectivity index (χ2v) is 8.57. The van der Waals surface area contributed by atoms with Gasteiger partial charge in [0, 0.05) is 35.7 Å². The van der Waals surface area contributed by atoms with Crippen molar-refractivity contribution < 1.29 is 4.79 Å². The molecule has 2 aliphatic heterocycles. The molecule has 0 aromatic carbocycles. The summed E-state index contributed by atoms with van der Waals surface area (Å²) < 4.78 is 2.30. The molecule has 1 atom stereocenters. The highest BCUT2D eigenvalue weighted by Crippen LogP contribution is 2.33. The van der Waals surface area contributed by atoms with Crippen LogP contribution >= 0.6 is 11.3 Å². The van der Waals surface area contributed by atoms with Crippen LogP contribution in [-0.2, 0) is 24.2 Å². The molecule has 0 bridgehead atoms. The number of likely N-dealkylation sites (tertiary alicyclic amines) is 1. The molecule has 2 aromatic heterocycles. The summed E-state index contributed by atoms with van der Waals surface area (Å²) in [6.07, 6.45) is 8.19. The van der Waals surface area contributed by atoms with Gasteiger partial charge in [-0.05, 0) is 51.2 Å². The summed E-state index contributed by atoms with van der Waals surface area (Å²) in [4.78, 5) is 17.5. The molecule has 2 aromatic rings. The zero-order chi connectivity index (χ0) is 17.2. The minimum atomic E-state index is 0.122. The fourth-order valence-electron chi connectivity index (χ4n) is 4.08. The fourth-order valence-corrected chi connectivity index (χ4v) is 4.97. The molecule has 5 nitrogen and oxygen atoms in total. The van der Waals surface area contributed by atoms with Crippen molar-refractivity contribution in [3.05, 3.63) is 33.5 Å². The summed E-state index contributed by atoms with van der Waals surface area (Å²) in [6.45, 7) is 3.98. The van der Waals surface area contributed by atoms with Crippen molar-refractivity contribution in [2.75, 3.05) is 6.54 Å². The van der Waals surface area contributed by atoms with Crippen LogP contribution in [0.4, 0.5) is 0 Å². The van der Waals surface area contributed by atoms with Crippen molar-refractivity contribution in [1.82, 2.24) is 19.7 Å². The van der Waals surface area contributed by atoms with Crippen molar-refractivity contribution in [2.24, 2.45) is 0 Å². The summed E-state index contributed by atoms with van der Waals surface area (Å²) in [7, 11) is 0. The van der Waals surface area contributed by atoms with Gasteiger partial charge in [0.25, 0.3) is 0 Å². The van der Waals surface area contributed by atoms with Gasteiger partial charge < -0.3 is 9.47 Å². The number of hydrogen-bond donors (Lipinski definition) is 0. The third-order valence-corrected chi connectivity index (χ3v) is 6.45. The number of aryl methyl sites for hydroxylation is 3. The average Bonchev–Trinajstić information content (AvgIpc) is 3.29. The fraction of sp³-hybridized carbons (Fsp3) is 0.632. The van der Waals surface area contributed by atoms with Gasteiger partial charge in [-0.25, -0.2) is 0 Å². The number of carbonyl (C=O) groups excluding carboxylic acids is 1. The van der Waals surface area contributed by atoms with E-state index in [0.29, 0.717) is 6.42 Å². The largest absolute Gasteiger partial charge is 0.332 e. The maximum Gasteiger partial charge on any atom is 0.223 e. The lowest BCUT2D eigenvalue weighted by atomic mass is 10.2. The van der Waals surface area contributed by atoms with E-state index in [1.165, 1.54) is 29.0 Å². The Labute approximate surface area is 153 Å². The van der Waals surface area contributed by atoms with E-state index in [-0.39, 0.29) is 11.9 Å². The summed E-state index contributed by atoms with van der Waals surface area (Å²) in [5.41, 5.74) is 0. The predicted octanol–water partition coefficient (Wildman–Crippen LogP) is 3.67. The van der Waals surface area contributed by atoms with Crippen LogP contribution in [0, 0.1) is 6.92 Å². The minimum absolute atomic E-state index is 0.122. The molecule has 0 spiro atoms. The van der Waals surface area contributed by atoms with Gasteiger partial charge in [-0.1, -0.05) is 6.42 Å². The molecular formula is C19H26N4OS. The third-order valence-electron chi connectivity index (χ3n) is 5.39. The van der Waals surface area contributed by atoms with Gasteiger partial charge in [0.1, 0.15) is 5.82 Å². The van der Waals surface area contributed by atoms with E-state index in [9.17, 15) is 4.79 Å². The normalized spacial score (nSPS) is 20.5. The molecule has 4 heterocycles. The highest BCUT2D eigenvalue weighted by molar-refractivity contribution is 7.11. The zero-order valence-electron chi connectivity index (χ0n) is 14.9. The molecule has 25 heavy (non-hydrogen) atoms. The Bertz CT molecular complexity index is 750. The summed E-state index contributed by atoms with van der Waals surface area (Å²) >= 11 is 1.79. The Morgan fingerprint density at radius 1 is 1.20 bits per heavy atom. The van der Waals surface area contributed by atoms with Gasteiger partial charge in [-0.3, -0.25) is 4.79 Å². The molecule has 0 N–H and O–H groups in total. The summed E-state index contributed by atoms with van der Waals surface area (Å²) in [5.74, 6) is 2.40. The number of aromatic nitrogens is 3. The number of nitrogens with zero attached hydrogens (tertiary/aromatic N) is 4.